The topological polar surface area (TPSA) is 26.3 Å². The van der Waals surface area contributed by atoms with Crippen LogP contribution in [-0.2, 0) is 0 Å². The Balaban J connectivity index is 2.08. The van der Waals surface area contributed by atoms with Crippen LogP contribution in [0, 0.1) is 5.92 Å². The molecule has 0 unspecified atom stereocenters. The molecule has 0 N–H and O–H groups in total. The van der Waals surface area contributed by atoms with E-state index in [1.54, 1.807) is 0 Å². The highest BCUT2D eigenvalue weighted by Crippen LogP contribution is 2.35. The molecule has 1 aliphatic carbocycles. The Bertz CT molecular complexity index is 666. The summed E-state index contributed by atoms with van der Waals surface area (Å²) < 4.78 is 5.94. The Labute approximate surface area is 132 Å². The van der Waals surface area contributed by atoms with Crippen molar-refractivity contribution in [3.63, 3.8) is 0 Å². The maximum absolute atomic E-state index is 13.1. The van der Waals surface area contributed by atoms with Crippen LogP contribution in [0.3, 0.4) is 0 Å². The molecule has 0 aliphatic heterocycles. The van der Waals surface area contributed by atoms with Crippen LogP contribution in [0.25, 0.3) is 10.8 Å². The predicted molar refractivity (Wildman–Crippen MR) is 90.6 cm³/mol. The van der Waals surface area contributed by atoms with E-state index in [-0.39, 0.29) is 17.8 Å². The summed E-state index contributed by atoms with van der Waals surface area (Å²) in [4.78, 5) is 13.1. The Morgan fingerprint density at radius 2 is 1.77 bits per heavy atom. The summed E-state index contributed by atoms with van der Waals surface area (Å²) in [7, 11) is 0. The number of Topliss-reactive ketones (excluding diaryl/α,β-unsaturated/α-hetero) is 1. The lowest BCUT2D eigenvalue weighted by Gasteiger charge is -2.23. The van der Waals surface area contributed by atoms with Crippen molar-refractivity contribution in [1.29, 1.82) is 0 Å². The fourth-order valence-corrected chi connectivity index (χ4v) is 3.43. The number of carbonyl (C=O) groups is 1. The quantitative estimate of drug-likeness (QED) is 0.707. The molecule has 0 spiro atoms. The molecular weight excluding hydrogens is 272 g/mol. The Morgan fingerprint density at radius 3 is 2.50 bits per heavy atom. The number of carbonyl (C=O) groups excluding carboxylic acids is 1. The molecule has 1 aliphatic rings. The molecule has 2 aromatic carbocycles. The first-order valence-electron chi connectivity index (χ1n) is 8.39. The lowest BCUT2D eigenvalue weighted by Crippen LogP contribution is -2.20. The Kier molecular flexibility index (Phi) is 4.47. The number of hydrogen-bond acceptors (Lipinski definition) is 2. The van der Waals surface area contributed by atoms with Crippen molar-refractivity contribution < 1.29 is 9.53 Å². The van der Waals surface area contributed by atoms with Crippen molar-refractivity contribution in [1.82, 2.24) is 0 Å². The van der Waals surface area contributed by atoms with Crippen LogP contribution in [0.5, 0.6) is 5.75 Å². The third-order valence-corrected chi connectivity index (χ3v) is 4.48. The highest BCUT2D eigenvalue weighted by Gasteiger charge is 2.26. The lowest BCUT2D eigenvalue weighted by molar-refractivity contribution is 0.0885. The summed E-state index contributed by atoms with van der Waals surface area (Å²) in [6, 6.07) is 12.1. The van der Waals surface area contributed by atoms with Crippen LogP contribution >= 0.6 is 0 Å². The molecule has 0 saturated heterocycles. The molecular formula is C20H24O2. The van der Waals surface area contributed by atoms with Gasteiger partial charge in [0.05, 0.1) is 11.7 Å². The van der Waals surface area contributed by atoms with E-state index in [1.165, 1.54) is 19.3 Å². The first-order chi connectivity index (χ1) is 10.7. The van der Waals surface area contributed by atoms with Gasteiger partial charge in [-0.05, 0) is 43.5 Å². The molecule has 2 heteroatoms. The van der Waals surface area contributed by atoms with Crippen LogP contribution in [-0.4, -0.2) is 11.9 Å². The molecule has 1 saturated carbocycles. The van der Waals surface area contributed by atoms with E-state index in [1.807, 2.05) is 44.2 Å². The molecule has 3 rings (SSSR count). The molecule has 2 nitrogen and oxygen atoms in total. The summed E-state index contributed by atoms with van der Waals surface area (Å²) >= 11 is 0. The second-order valence-electron chi connectivity index (χ2n) is 6.53. The zero-order valence-electron chi connectivity index (χ0n) is 13.5. The molecule has 116 valence electrons. The van der Waals surface area contributed by atoms with Crippen molar-refractivity contribution in [2.24, 2.45) is 5.92 Å². The normalized spacial score (nSPS) is 16.1. The predicted octanol–water partition coefficient (Wildman–Crippen LogP) is 5.39. The van der Waals surface area contributed by atoms with Crippen molar-refractivity contribution in [3.05, 3.63) is 42.0 Å². The van der Waals surface area contributed by atoms with Gasteiger partial charge >= 0.3 is 0 Å². The number of rotatable bonds is 4. The maximum atomic E-state index is 13.1. The smallest absolute Gasteiger partial charge is 0.170 e. The van der Waals surface area contributed by atoms with E-state index in [0.717, 1.165) is 34.9 Å². The number of fused-ring (bicyclic) bond motifs is 1. The Hall–Kier alpha value is -1.83. The maximum Gasteiger partial charge on any atom is 0.170 e. The molecule has 0 radical (unpaired) electrons. The van der Waals surface area contributed by atoms with E-state index in [4.69, 9.17) is 4.74 Å². The van der Waals surface area contributed by atoms with Crippen LogP contribution in [0.1, 0.15) is 56.3 Å². The standard InChI is InChI=1S/C20H24O2/c1-14(2)22-18-13-12-15-8-6-7-11-17(15)19(18)20(21)16-9-4-3-5-10-16/h6-8,11-14,16H,3-5,9-10H2,1-2H3. The van der Waals surface area contributed by atoms with Gasteiger partial charge < -0.3 is 4.74 Å². The van der Waals surface area contributed by atoms with Crippen molar-refractivity contribution in [2.75, 3.05) is 0 Å². The summed E-state index contributed by atoms with van der Waals surface area (Å²) in [5.41, 5.74) is 0.790. The molecule has 0 amide bonds. The lowest BCUT2D eigenvalue weighted by atomic mass is 9.82. The molecule has 0 bridgehead atoms. The van der Waals surface area contributed by atoms with Crippen molar-refractivity contribution in [3.8, 4) is 5.75 Å². The number of hydrogen-bond donors (Lipinski definition) is 0. The highest BCUT2D eigenvalue weighted by atomic mass is 16.5. The van der Waals surface area contributed by atoms with Crippen LogP contribution < -0.4 is 4.74 Å². The molecule has 0 atom stereocenters. The second-order valence-corrected chi connectivity index (χ2v) is 6.53. The highest BCUT2D eigenvalue weighted by molar-refractivity contribution is 6.11. The molecule has 0 aromatic heterocycles. The fraction of sp³-hybridized carbons (Fsp3) is 0.450. The van der Waals surface area contributed by atoms with Gasteiger partial charge in [-0.3, -0.25) is 4.79 Å². The van der Waals surface area contributed by atoms with Crippen LogP contribution in [0.4, 0.5) is 0 Å². The van der Waals surface area contributed by atoms with Crippen molar-refractivity contribution in [2.45, 2.75) is 52.1 Å². The largest absolute Gasteiger partial charge is 0.490 e. The minimum Gasteiger partial charge on any atom is -0.490 e. The van der Waals surface area contributed by atoms with Crippen molar-refractivity contribution >= 4 is 16.6 Å². The van der Waals surface area contributed by atoms with Gasteiger partial charge in [-0.2, -0.15) is 0 Å². The first-order valence-corrected chi connectivity index (χ1v) is 8.39. The zero-order valence-corrected chi connectivity index (χ0v) is 13.5. The molecule has 22 heavy (non-hydrogen) atoms. The summed E-state index contributed by atoms with van der Waals surface area (Å²) in [6.07, 6.45) is 5.70. The van der Waals surface area contributed by atoms with E-state index in [9.17, 15) is 4.79 Å². The van der Waals surface area contributed by atoms with Gasteiger partial charge in [-0.1, -0.05) is 49.6 Å². The van der Waals surface area contributed by atoms with E-state index in [0.29, 0.717) is 0 Å². The minimum absolute atomic E-state index is 0.0686. The summed E-state index contributed by atoms with van der Waals surface area (Å²) in [6.45, 7) is 4.01. The van der Waals surface area contributed by atoms with Gasteiger partial charge in [0.15, 0.2) is 5.78 Å². The van der Waals surface area contributed by atoms with Gasteiger partial charge in [0.2, 0.25) is 0 Å². The minimum atomic E-state index is 0.0686. The average Bonchev–Trinajstić information content (AvgIpc) is 2.54. The van der Waals surface area contributed by atoms with Crippen LogP contribution in [0.2, 0.25) is 0 Å². The third-order valence-electron chi connectivity index (χ3n) is 4.48. The van der Waals surface area contributed by atoms with E-state index < -0.39 is 0 Å². The first kappa shape index (κ1) is 15.1. The molecule has 1 fully saturated rings. The third kappa shape index (κ3) is 3.01. The molecule has 2 aromatic rings. The van der Waals surface area contributed by atoms with Gasteiger partial charge in [-0.15, -0.1) is 0 Å². The SMILES string of the molecule is CC(C)Oc1ccc2ccccc2c1C(=O)C1CCCCC1. The monoisotopic (exact) mass is 296 g/mol. The van der Waals surface area contributed by atoms with Gasteiger partial charge in [-0.25, -0.2) is 0 Å². The zero-order chi connectivity index (χ0) is 15.5. The van der Waals surface area contributed by atoms with Gasteiger partial charge in [0, 0.05) is 5.92 Å². The Morgan fingerprint density at radius 1 is 1.05 bits per heavy atom. The average molecular weight is 296 g/mol. The number of ether oxygens (including phenoxy) is 1. The number of benzene rings is 2. The van der Waals surface area contributed by atoms with E-state index >= 15 is 0 Å². The fourth-order valence-electron chi connectivity index (χ4n) is 3.43. The number of ketones is 1. The van der Waals surface area contributed by atoms with Gasteiger partial charge in [0.25, 0.3) is 0 Å². The van der Waals surface area contributed by atoms with Gasteiger partial charge in [0.1, 0.15) is 5.75 Å². The summed E-state index contributed by atoms with van der Waals surface area (Å²) in [5, 5.41) is 2.13. The second kappa shape index (κ2) is 6.51. The molecule has 0 heterocycles. The van der Waals surface area contributed by atoms with E-state index in [2.05, 4.69) is 6.07 Å². The van der Waals surface area contributed by atoms with Crippen LogP contribution in [0.15, 0.2) is 36.4 Å². The summed E-state index contributed by atoms with van der Waals surface area (Å²) in [5.74, 6) is 1.17.